The molecule has 1 N–H and O–H groups in total. The fourth-order valence-electron chi connectivity index (χ4n) is 1.39. The van der Waals surface area contributed by atoms with E-state index in [0.29, 0.717) is 6.61 Å². The first-order valence-electron chi connectivity index (χ1n) is 5.63. The van der Waals surface area contributed by atoms with Crippen LogP contribution in [0.1, 0.15) is 58.8 Å². The van der Waals surface area contributed by atoms with E-state index in [-0.39, 0.29) is 0 Å². The summed E-state index contributed by atoms with van der Waals surface area (Å²) in [5.74, 6) is 0. The highest BCUT2D eigenvalue weighted by atomic mass is 16.2. The SMILES string of the molecule is CCCCC=C(CCO)CCCC. The van der Waals surface area contributed by atoms with Gasteiger partial charge in [-0.25, -0.2) is 0 Å². The second-order valence-corrected chi connectivity index (χ2v) is 3.58. The predicted octanol–water partition coefficient (Wildman–Crippen LogP) is 3.68. The van der Waals surface area contributed by atoms with Crippen LogP contribution in [0.15, 0.2) is 11.6 Å². The van der Waals surface area contributed by atoms with Crippen molar-refractivity contribution in [2.75, 3.05) is 6.61 Å². The maximum absolute atomic E-state index is 8.85. The Morgan fingerprint density at radius 3 is 2.31 bits per heavy atom. The summed E-state index contributed by atoms with van der Waals surface area (Å²) < 4.78 is 0. The lowest BCUT2D eigenvalue weighted by Gasteiger charge is -2.04. The molecule has 0 bridgehead atoms. The van der Waals surface area contributed by atoms with Gasteiger partial charge in [-0.3, -0.25) is 0 Å². The van der Waals surface area contributed by atoms with Crippen molar-refractivity contribution in [2.45, 2.75) is 58.8 Å². The normalized spacial score (nSPS) is 12.1. The van der Waals surface area contributed by atoms with Crippen molar-refractivity contribution in [2.24, 2.45) is 0 Å². The van der Waals surface area contributed by atoms with E-state index < -0.39 is 0 Å². The zero-order valence-corrected chi connectivity index (χ0v) is 9.18. The van der Waals surface area contributed by atoms with E-state index in [4.69, 9.17) is 5.11 Å². The Morgan fingerprint density at radius 2 is 1.77 bits per heavy atom. The molecule has 0 fully saturated rings. The fraction of sp³-hybridized carbons (Fsp3) is 0.833. The van der Waals surface area contributed by atoms with Crippen LogP contribution >= 0.6 is 0 Å². The number of allylic oxidation sites excluding steroid dienone is 1. The van der Waals surface area contributed by atoms with Gasteiger partial charge in [0, 0.05) is 6.61 Å². The third-order valence-electron chi connectivity index (χ3n) is 2.28. The van der Waals surface area contributed by atoms with Gasteiger partial charge in [-0.1, -0.05) is 44.8 Å². The lowest BCUT2D eigenvalue weighted by Crippen LogP contribution is -1.89. The highest BCUT2D eigenvalue weighted by Gasteiger charge is 1.95. The molecule has 1 nitrogen and oxygen atoms in total. The van der Waals surface area contributed by atoms with Crippen molar-refractivity contribution < 1.29 is 5.11 Å². The number of unbranched alkanes of at least 4 members (excludes halogenated alkanes) is 3. The monoisotopic (exact) mass is 184 g/mol. The third kappa shape index (κ3) is 8.04. The molecule has 0 spiro atoms. The Kier molecular flexibility index (Phi) is 9.56. The van der Waals surface area contributed by atoms with Crippen LogP contribution in [0, 0.1) is 0 Å². The van der Waals surface area contributed by atoms with E-state index in [1.54, 1.807) is 0 Å². The van der Waals surface area contributed by atoms with Crippen molar-refractivity contribution in [1.82, 2.24) is 0 Å². The summed E-state index contributed by atoms with van der Waals surface area (Å²) in [6.45, 7) is 4.73. The Labute approximate surface area is 82.9 Å². The molecule has 0 aliphatic carbocycles. The van der Waals surface area contributed by atoms with Gasteiger partial charge in [0.1, 0.15) is 0 Å². The Morgan fingerprint density at radius 1 is 1.08 bits per heavy atom. The number of aliphatic hydroxyl groups is 1. The van der Waals surface area contributed by atoms with Crippen LogP contribution in [0.2, 0.25) is 0 Å². The zero-order valence-electron chi connectivity index (χ0n) is 9.18. The minimum atomic E-state index is 0.307. The molecule has 0 rings (SSSR count). The molecule has 78 valence electrons. The van der Waals surface area contributed by atoms with E-state index in [2.05, 4.69) is 19.9 Å². The van der Waals surface area contributed by atoms with Gasteiger partial charge in [-0.05, 0) is 25.7 Å². The minimum absolute atomic E-state index is 0.307. The molecule has 0 atom stereocenters. The molecule has 13 heavy (non-hydrogen) atoms. The van der Waals surface area contributed by atoms with E-state index in [9.17, 15) is 0 Å². The van der Waals surface area contributed by atoms with Crippen LogP contribution in [0.4, 0.5) is 0 Å². The lowest BCUT2D eigenvalue weighted by molar-refractivity contribution is 0.297. The molecule has 0 saturated carbocycles. The molecule has 0 amide bonds. The second kappa shape index (κ2) is 9.79. The van der Waals surface area contributed by atoms with Crippen molar-refractivity contribution in [3.8, 4) is 0 Å². The summed E-state index contributed by atoms with van der Waals surface area (Å²) in [5, 5.41) is 8.85. The lowest BCUT2D eigenvalue weighted by atomic mass is 10.0. The van der Waals surface area contributed by atoms with Crippen LogP contribution in [-0.4, -0.2) is 11.7 Å². The summed E-state index contributed by atoms with van der Waals surface area (Å²) in [6.07, 6.45) is 10.6. The van der Waals surface area contributed by atoms with Gasteiger partial charge in [0.25, 0.3) is 0 Å². The maximum atomic E-state index is 8.85. The molecule has 0 aromatic heterocycles. The number of rotatable bonds is 8. The first-order valence-corrected chi connectivity index (χ1v) is 5.63. The fourth-order valence-corrected chi connectivity index (χ4v) is 1.39. The molecule has 0 unspecified atom stereocenters. The molecule has 0 aliphatic rings. The van der Waals surface area contributed by atoms with Crippen LogP contribution in [0.5, 0.6) is 0 Å². The van der Waals surface area contributed by atoms with Gasteiger partial charge < -0.3 is 5.11 Å². The quantitative estimate of drug-likeness (QED) is 0.451. The first-order chi connectivity index (χ1) is 6.35. The van der Waals surface area contributed by atoms with Gasteiger partial charge in [0.2, 0.25) is 0 Å². The summed E-state index contributed by atoms with van der Waals surface area (Å²) >= 11 is 0. The molecule has 0 heterocycles. The number of hydrogen-bond acceptors (Lipinski definition) is 1. The third-order valence-corrected chi connectivity index (χ3v) is 2.28. The van der Waals surface area contributed by atoms with Crippen molar-refractivity contribution >= 4 is 0 Å². The van der Waals surface area contributed by atoms with Crippen molar-refractivity contribution in [1.29, 1.82) is 0 Å². The number of hydrogen-bond donors (Lipinski definition) is 1. The van der Waals surface area contributed by atoms with Gasteiger partial charge >= 0.3 is 0 Å². The summed E-state index contributed by atoms with van der Waals surface area (Å²) in [7, 11) is 0. The van der Waals surface area contributed by atoms with Crippen LogP contribution in [-0.2, 0) is 0 Å². The van der Waals surface area contributed by atoms with Crippen molar-refractivity contribution in [3.05, 3.63) is 11.6 Å². The molecule has 0 saturated heterocycles. The van der Waals surface area contributed by atoms with Crippen LogP contribution in [0.25, 0.3) is 0 Å². The Hall–Kier alpha value is -0.300. The highest BCUT2D eigenvalue weighted by molar-refractivity contribution is 5.01. The average molecular weight is 184 g/mol. The highest BCUT2D eigenvalue weighted by Crippen LogP contribution is 2.13. The van der Waals surface area contributed by atoms with E-state index in [1.165, 1.54) is 44.1 Å². The van der Waals surface area contributed by atoms with Gasteiger partial charge in [0.15, 0.2) is 0 Å². The summed E-state index contributed by atoms with van der Waals surface area (Å²) in [4.78, 5) is 0. The van der Waals surface area contributed by atoms with E-state index in [0.717, 1.165) is 6.42 Å². The minimum Gasteiger partial charge on any atom is -0.396 e. The van der Waals surface area contributed by atoms with Crippen LogP contribution in [0.3, 0.4) is 0 Å². The Bertz CT molecular complexity index is 127. The topological polar surface area (TPSA) is 20.2 Å². The molecular formula is C12H24O. The van der Waals surface area contributed by atoms with Crippen LogP contribution < -0.4 is 0 Å². The van der Waals surface area contributed by atoms with Gasteiger partial charge in [0.05, 0.1) is 0 Å². The largest absolute Gasteiger partial charge is 0.396 e. The molecular weight excluding hydrogens is 160 g/mol. The molecule has 0 aromatic carbocycles. The molecule has 1 heteroatoms. The average Bonchev–Trinajstić information content (AvgIpc) is 2.14. The summed E-state index contributed by atoms with van der Waals surface area (Å²) in [6, 6.07) is 0. The maximum Gasteiger partial charge on any atom is 0.0468 e. The van der Waals surface area contributed by atoms with Crippen molar-refractivity contribution in [3.63, 3.8) is 0 Å². The Balaban J connectivity index is 3.69. The predicted molar refractivity (Wildman–Crippen MR) is 58.8 cm³/mol. The first kappa shape index (κ1) is 12.7. The summed E-state index contributed by atoms with van der Waals surface area (Å²) in [5.41, 5.74) is 1.46. The molecule has 0 aromatic rings. The number of aliphatic hydroxyl groups excluding tert-OH is 1. The van der Waals surface area contributed by atoms with Gasteiger partial charge in [-0.2, -0.15) is 0 Å². The van der Waals surface area contributed by atoms with E-state index >= 15 is 0 Å². The molecule has 0 radical (unpaired) electrons. The smallest absolute Gasteiger partial charge is 0.0468 e. The standard InChI is InChI=1S/C12H24O/c1-3-5-7-9-12(10-11-13)8-6-4-2/h9,13H,3-8,10-11H2,1-2H3. The molecule has 0 aliphatic heterocycles. The zero-order chi connectivity index (χ0) is 9.94. The van der Waals surface area contributed by atoms with E-state index in [1.807, 2.05) is 0 Å². The second-order valence-electron chi connectivity index (χ2n) is 3.58. The van der Waals surface area contributed by atoms with Gasteiger partial charge in [-0.15, -0.1) is 0 Å².